The second kappa shape index (κ2) is 6.31. The lowest BCUT2D eigenvalue weighted by Gasteiger charge is -2.49. The van der Waals surface area contributed by atoms with Crippen molar-refractivity contribution < 1.29 is 14.3 Å². The average molecular weight is 446 g/mol. The summed E-state index contributed by atoms with van der Waals surface area (Å²) in [5, 5.41) is 1.09. The molecule has 6 nitrogen and oxygen atoms in total. The maximum Gasteiger partial charge on any atom is 0.250 e. The highest BCUT2D eigenvalue weighted by atomic mass is 16.5. The van der Waals surface area contributed by atoms with Gasteiger partial charge in [-0.05, 0) is 51.3 Å². The number of hydrogen-bond acceptors (Lipinski definition) is 3. The van der Waals surface area contributed by atoms with Gasteiger partial charge in [0.1, 0.15) is 22.9 Å². The third kappa shape index (κ3) is 2.79. The first-order chi connectivity index (χ1) is 15.5. The van der Waals surface area contributed by atoms with E-state index in [1.54, 1.807) is 4.90 Å². The van der Waals surface area contributed by atoms with Crippen LogP contribution in [-0.4, -0.2) is 50.3 Å². The van der Waals surface area contributed by atoms with Crippen LogP contribution in [0.15, 0.2) is 30.5 Å². The lowest BCUT2D eigenvalue weighted by Crippen LogP contribution is -2.68. The Morgan fingerprint density at radius 2 is 1.88 bits per heavy atom. The van der Waals surface area contributed by atoms with Gasteiger partial charge in [-0.1, -0.05) is 26.0 Å². The van der Waals surface area contributed by atoms with Crippen molar-refractivity contribution in [3.05, 3.63) is 47.3 Å². The van der Waals surface area contributed by atoms with Gasteiger partial charge in [-0.25, -0.2) is 0 Å². The lowest BCUT2D eigenvalue weighted by molar-refractivity contribution is -0.163. The second-order valence-corrected chi connectivity index (χ2v) is 11.3. The SMILES string of the molecule is CC1(C)C=Cc2cc3c4c([nH]c3cc2O1)C(C)(C)C=CN1C(=O)[C@@H]2CCCN2C(=O)[C@]1(C)C4. The molecular formula is C27H31N3O3. The molecule has 0 saturated carbocycles. The van der Waals surface area contributed by atoms with Gasteiger partial charge in [-0.15, -0.1) is 0 Å². The predicted molar refractivity (Wildman–Crippen MR) is 128 cm³/mol. The Labute approximate surface area is 194 Å². The van der Waals surface area contributed by atoms with Crippen LogP contribution in [0.3, 0.4) is 0 Å². The number of aromatic nitrogens is 1. The van der Waals surface area contributed by atoms with Gasteiger partial charge in [0.05, 0.1) is 0 Å². The number of H-pyrrole nitrogens is 1. The minimum atomic E-state index is -0.945. The lowest BCUT2D eigenvalue weighted by atomic mass is 9.78. The molecule has 2 fully saturated rings. The zero-order valence-electron chi connectivity index (χ0n) is 20.0. The summed E-state index contributed by atoms with van der Waals surface area (Å²) in [6, 6.07) is 3.91. The van der Waals surface area contributed by atoms with E-state index in [1.807, 2.05) is 31.9 Å². The first kappa shape index (κ1) is 20.6. The maximum atomic E-state index is 13.8. The summed E-state index contributed by atoms with van der Waals surface area (Å²) in [5.74, 6) is 0.951. The molecule has 5 heterocycles. The molecule has 4 aliphatic heterocycles. The van der Waals surface area contributed by atoms with E-state index in [0.29, 0.717) is 13.0 Å². The molecule has 2 aromatic rings. The number of hydrogen-bond donors (Lipinski definition) is 1. The van der Waals surface area contributed by atoms with Crippen molar-refractivity contribution in [2.24, 2.45) is 0 Å². The molecule has 0 spiro atoms. The highest BCUT2D eigenvalue weighted by Crippen LogP contribution is 2.44. The normalized spacial score (nSPS) is 29.2. The molecule has 4 aliphatic rings. The van der Waals surface area contributed by atoms with Crippen molar-refractivity contribution in [1.29, 1.82) is 0 Å². The zero-order chi connectivity index (χ0) is 23.3. The largest absolute Gasteiger partial charge is 0.483 e. The van der Waals surface area contributed by atoms with Crippen LogP contribution < -0.4 is 4.74 Å². The summed E-state index contributed by atoms with van der Waals surface area (Å²) in [5.41, 5.74) is 2.60. The van der Waals surface area contributed by atoms with Crippen LogP contribution in [0.5, 0.6) is 5.75 Å². The topological polar surface area (TPSA) is 65.6 Å². The standard InChI is InChI=1S/C27H31N3O3/c1-25(2)10-12-30-23(31)20-7-6-11-29(20)24(32)27(30,5)15-18-17-13-16-8-9-26(3,4)33-21(16)14-19(17)28-22(18)25/h8-10,12-14,20,28H,6-7,11,15H2,1-5H3/t20-,27-/m0/s1. The first-order valence-corrected chi connectivity index (χ1v) is 11.9. The fourth-order valence-corrected chi connectivity index (χ4v) is 6.02. The number of rotatable bonds is 0. The predicted octanol–water partition coefficient (Wildman–Crippen LogP) is 4.29. The van der Waals surface area contributed by atoms with Crippen molar-refractivity contribution in [1.82, 2.24) is 14.8 Å². The summed E-state index contributed by atoms with van der Waals surface area (Å²) >= 11 is 0. The van der Waals surface area contributed by atoms with E-state index in [1.165, 1.54) is 0 Å². The monoisotopic (exact) mass is 445 g/mol. The van der Waals surface area contributed by atoms with Crippen LogP contribution in [0, 0.1) is 0 Å². The van der Waals surface area contributed by atoms with Gasteiger partial charge in [-0.2, -0.15) is 0 Å². The number of fused-ring (bicyclic) bond motifs is 6. The summed E-state index contributed by atoms with van der Waals surface area (Å²) in [4.78, 5) is 34.4. The Kier molecular flexibility index (Phi) is 3.93. The van der Waals surface area contributed by atoms with Gasteiger partial charge in [0, 0.05) is 52.8 Å². The molecule has 0 unspecified atom stereocenters. The average Bonchev–Trinajstić information content (AvgIpc) is 3.35. The van der Waals surface area contributed by atoms with Gasteiger partial charge in [-0.3, -0.25) is 9.59 Å². The summed E-state index contributed by atoms with van der Waals surface area (Å²) in [6.07, 6.45) is 10.2. The molecule has 2 amide bonds. The second-order valence-electron chi connectivity index (χ2n) is 11.3. The molecule has 6 rings (SSSR count). The van der Waals surface area contributed by atoms with Crippen molar-refractivity contribution in [3.8, 4) is 5.75 Å². The number of carbonyl (C=O) groups is 2. The third-order valence-corrected chi connectivity index (χ3v) is 7.91. The number of aromatic amines is 1. The number of nitrogens with zero attached hydrogens (tertiary/aromatic N) is 2. The highest BCUT2D eigenvalue weighted by molar-refractivity contribution is 6.01. The number of benzene rings is 1. The van der Waals surface area contributed by atoms with Crippen LogP contribution >= 0.6 is 0 Å². The number of allylic oxidation sites excluding steroid dienone is 1. The fourth-order valence-electron chi connectivity index (χ4n) is 6.02. The van der Waals surface area contributed by atoms with E-state index in [9.17, 15) is 9.59 Å². The Balaban J connectivity index is 1.56. The first-order valence-electron chi connectivity index (χ1n) is 11.9. The summed E-state index contributed by atoms with van der Waals surface area (Å²) in [6.45, 7) is 11.0. The number of amides is 2. The van der Waals surface area contributed by atoms with Crippen LogP contribution in [-0.2, 0) is 21.4 Å². The van der Waals surface area contributed by atoms with Gasteiger partial charge in [0.15, 0.2) is 0 Å². The maximum absolute atomic E-state index is 13.8. The van der Waals surface area contributed by atoms with Gasteiger partial charge < -0.3 is 19.5 Å². The Morgan fingerprint density at radius 3 is 2.67 bits per heavy atom. The third-order valence-electron chi connectivity index (χ3n) is 7.91. The highest BCUT2D eigenvalue weighted by Gasteiger charge is 2.55. The zero-order valence-corrected chi connectivity index (χ0v) is 20.0. The van der Waals surface area contributed by atoms with Crippen LogP contribution in [0.25, 0.3) is 17.0 Å². The molecule has 1 aromatic heterocycles. The van der Waals surface area contributed by atoms with Crippen LogP contribution in [0.4, 0.5) is 0 Å². The molecule has 1 aromatic carbocycles. The van der Waals surface area contributed by atoms with E-state index in [4.69, 9.17) is 4.74 Å². The Morgan fingerprint density at radius 1 is 1.09 bits per heavy atom. The molecule has 0 radical (unpaired) electrons. The van der Waals surface area contributed by atoms with Crippen molar-refractivity contribution in [2.75, 3.05) is 6.54 Å². The van der Waals surface area contributed by atoms with E-state index in [0.717, 1.165) is 46.3 Å². The quantitative estimate of drug-likeness (QED) is 0.658. The van der Waals surface area contributed by atoms with Gasteiger partial charge >= 0.3 is 0 Å². The van der Waals surface area contributed by atoms with E-state index in [-0.39, 0.29) is 28.9 Å². The van der Waals surface area contributed by atoms with E-state index < -0.39 is 5.54 Å². The van der Waals surface area contributed by atoms with Crippen molar-refractivity contribution in [3.63, 3.8) is 0 Å². The minimum absolute atomic E-state index is 0.0425. The van der Waals surface area contributed by atoms with Crippen LogP contribution in [0.1, 0.15) is 64.3 Å². The van der Waals surface area contributed by atoms with E-state index >= 15 is 0 Å². The molecule has 6 heteroatoms. The number of ether oxygens (including phenoxy) is 1. The smallest absolute Gasteiger partial charge is 0.250 e. The van der Waals surface area contributed by atoms with Gasteiger partial charge in [0.2, 0.25) is 11.8 Å². The van der Waals surface area contributed by atoms with Crippen LogP contribution in [0.2, 0.25) is 0 Å². The molecule has 172 valence electrons. The van der Waals surface area contributed by atoms with Crippen molar-refractivity contribution in [2.45, 2.75) is 76.5 Å². The number of piperazine rings is 1. The summed E-state index contributed by atoms with van der Waals surface area (Å²) < 4.78 is 6.21. The summed E-state index contributed by atoms with van der Waals surface area (Å²) in [7, 11) is 0. The number of nitrogens with one attached hydrogen (secondary N) is 1. The van der Waals surface area contributed by atoms with Crippen molar-refractivity contribution >= 4 is 28.8 Å². The molecule has 0 bridgehead atoms. The molecule has 2 saturated heterocycles. The van der Waals surface area contributed by atoms with E-state index in [2.05, 4.69) is 49.2 Å². The minimum Gasteiger partial charge on any atom is -0.483 e. The number of carbonyl (C=O) groups excluding carboxylic acids is 2. The van der Waals surface area contributed by atoms with Gasteiger partial charge in [0.25, 0.3) is 0 Å². The molecular weight excluding hydrogens is 414 g/mol. The Hall–Kier alpha value is -3.02. The molecule has 33 heavy (non-hydrogen) atoms. The molecule has 0 aliphatic carbocycles. The Bertz CT molecular complexity index is 1280. The fraction of sp³-hybridized carbons (Fsp3) is 0.481. The molecule has 1 N–H and O–H groups in total. The molecule has 2 atom stereocenters.